The van der Waals surface area contributed by atoms with Gasteiger partial charge in [-0.05, 0) is 36.8 Å². The molecule has 4 aromatic rings. The highest BCUT2D eigenvalue weighted by molar-refractivity contribution is 6.04. The molecule has 5 nitrogen and oxygen atoms in total. The van der Waals surface area contributed by atoms with Crippen molar-refractivity contribution < 1.29 is 9.21 Å². The summed E-state index contributed by atoms with van der Waals surface area (Å²) in [6, 6.07) is 21.5. The van der Waals surface area contributed by atoms with Crippen molar-refractivity contribution in [3.05, 3.63) is 106 Å². The summed E-state index contributed by atoms with van der Waals surface area (Å²) >= 11 is 0. The van der Waals surface area contributed by atoms with E-state index in [9.17, 15) is 9.59 Å². The van der Waals surface area contributed by atoms with Crippen LogP contribution in [0.3, 0.4) is 0 Å². The SMILES string of the molecule is Cc1ccc2oc(C(=O)N(Cc3ccccc3)c3ccccn3)cc(=O)c2c1. The fourth-order valence-corrected chi connectivity index (χ4v) is 3.04. The van der Waals surface area contributed by atoms with Gasteiger partial charge in [0.1, 0.15) is 11.4 Å². The molecule has 0 aliphatic heterocycles. The Kier molecular flexibility index (Phi) is 4.72. The highest BCUT2D eigenvalue weighted by Gasteiger charge is 2.22. The van der Waals surface area contributed by atoms with Crippen molar-refractivity contribution in [1.82, 2.24) is 4.98 Å². The summed E-state index contributed by atoms with van der Waals surface area (Å²) in [7, 11) is 0. The first-order valence-corrected chi connectivity index (χ1v) is 8.93. The zero-order valence-corrected chi connectivity index (χ0v) is 15.3. The van der Waals surface area contributed by atoms with E-state index in [4.69, 9.17) is 4.42 Å². The normalized spacial score (nSPS) is 10.8. The van der Waals surface area contributed by atoms with Crippen molar-refractivity contribution in [1.29, 1.82) is 0 Å². The summed E-state index contributed by atoms with van der Waals surface area (Å²) in [5.74, 6) is 0.0630. The van der Waals surface area contributed by atoms with Gasteiger partial charge in [-0.25, -0.2) is 4.98 Å². The standard InChI is InChI=1S/C23H18N2O3/c1-16-10-11-20-18(13-16)19(26)14-21(28-20)23(27)25(22-9-5-6-12-24-22)15-17-7-3-2-4-8-17/h2-14H,15H2,1H3. The molecule has 138 valence electrons. The Morgan fingerprint density at radius 2 is 1.79 bits per heavy atom. The molecule has 0 saturated heterocycles. The minimum atomic E-state index is -0.415. The molecule has 0 saturated carbocycles. The zero-order chi connectivity index (χ0) is 19.5. The van der Waals surface area contributed by atoms with Gasteiger partial charge in [-0.3, -0.25) is 14.5 Å². The molecule has 0 aliphatic rings. The lowest BCUT2D eigenvalue weighted by Gasteiger charge is -2.21. The maximum atomic E-state index is 13.3. The molecule has 2 heterocycles. The first kappa shape index (κ1) is 17.7. The van der Waals surface area contributed by atoms with Crippen LogP contribution in [0.1, 0.15) is 21.7 Å². The molecular formula is C23H18N2O3. The lowest BCUT2D eigenvalue weighted by atomic mass is 10.1. The van der Waals surface area contributed by atoms with Gasteiger partial charge < -0.3 is 4.42 Å². The Morgan fingerprint density at radius 1 is 1.00 bits per heavy atom. The number of anilines is 1. The topological polar surface area (TPSA) is 63.4 Å². The number of carbonyl (C=O) groups excluding carboxylic acids is 1. The number of aromatic nitrogens is 1. The Morgan fingerprint density at radius 3 is 2.54 bits per heavy atom. The van der Waals surface area contributed by atoms with Gasteiger partial charge in [-0.1, -0.05) is 48.0 Å². The molecule has 1 amide bonds. The van der Waals surface area contributed by atoms with Crippen LogP contribution in [-0.2, 0) is 6.54 Å². The van der Waals surface area contributed by atoms with Crippen LogP contribution >= 0.6 is 0 Å². The molecule has 0 aliphatic carbocycles. The van der Waals surface area contributed by atoms with Crippen LogP contribution in [0.4, 0.5) is 5.82 Å². The van der Waals surface area contributed by atoms with Gasteiger partial charge in [0, 0.05) is 12.3 Å². The number of carbonyl (C=O) groups is 1. The maximum absolute atomic E-state index is 13.3. The monoisotopic (exact) mass is 370 g/mol. The number of nitrogens with zero attached hydrogens (tertiary/aromatic N) is 2. The minimum Gasteiger partial charge on any atom is -0.451 e. The molecule has 2 aromatic carbocycles. The van der Waals surface area contributed by atoms with Crippen LogP contribution in [0.15, 0.2) is 88.2 Å². The minimum absolute atomic E-state index is 0.0112. The van der Waals surface area contributed by atoms with E-state index in [1.807, 2.05) is 49.4 Å². The van der Waals surface area contributed by atoms with E-state index in [-0.39, 0.29) is 11.2 Å². The van der Waals surface area contributed by atoms with Gasteiger partial charge in [-0.15, -0.1) is 0 Å². The van der Waals surface area contributed by atoms with Crippen LogP contribution in [0.25, 0.3) is 11.0 Å². The first-order chi connectivity index (χ1) is 13.6. The van der Waals surface area contributed by atoms with Crippen LogP contribution in [-0.4, -0.2) is 10.9 Å². The smallest absolute Gasteiger partial charge is 0.295 e. The molecule has 0 bridgehead atoms. The van der Waals surface area contributed by atoms with Gasteiger partial charge in [0.15, 0.2) is 11.2 Å². The summed E-state index contributed by atoms with van der Waals surface area (Å²) in [4.78, 5) is 31.6. The number of rotatable bonds is 4. The third-order valence-corrected chi connectivity index (χ3v) is 4.45. The second-order valence-electron chi connectivity index (χ2n) is 6.54. The van der Waals surface area contributed by atoms with Crippen molar-refractivity contribution in [2.45, 2.75) is 13.5 Å². The van der Waals surface area contributed by atoms with Crippen molar-refractivity contribution in [3.8, 4) is 0 Å². The predicted octanol–water partition coefficient (Wildman–Crippen LogP) is 4.34. The van der Waals surface area contributed by atoms with Crippen LogP contribution in [0.5, 0.6) is 0 Å². The highest BCUT2D eigenvalue weighted by Crippen LogP contribution is 2.20. The molecule has 0 radical (unpaired) electrons. The van der Waals surface area contributed by atoms with Gasteiger partial charge in [0.2, 0.25) is 0 Å². The van der Waals surface area contributed by atoms with Crippen molar-refractivity contribution in [3.63, 3.8) is 0 Å². The van der Waals surface area contributed by atoms with Gasteiger partial charge >= 0.3 is 0 Å². The van der Waals surface area contributed by atoms with E-state index in [0.29, 0.717) is 23.3 Å². The third kappa shape index (κ3) is 3.55. The average molecular weight is 370 g/mol. The van der Waals surface area contributed by atoms with Gasteiger partial charge in [-0.2, -0.15) is 0 Å². The fraction of sp³-hybridized carbons (Fsp3) is 0.0870. The Labute approximate surface area is 161 Å². The molecule has 4 rings (SSSR count). The van der Waals surface area contributed by atoms with E-state index in [0.717, 1.165) is 11.1 Å². The van der Waals surface area contributed by atoms with Crippen LogP contribution in [0, 0.1) is 6.92 Å². The largest absolute Gasteiger partial charge is 0.451 e. The van der Waals surface area contributed by atoms with Crippen LogP contribution < -0.4 is 10.3 Å². The molecular weight excluding hydrogens is 352 g/mol. The fourth-order valence-electron chi connectivity index (χ4n) is 3.04. The predicted molar refractivity (Wildman–Crippen MR) is 108 cm³/mol. The molecule has 0 fully saturated rings. The number of benzene rings is 2. The second-order valence-corrected chi connectivity index (χ2v) is 6.54. The maximum Gasteiger partial charge on any atom is 0.295 e. The van der Waals surface area contributed by atoms with E-state index < -0.39 is 5.91 Å². The van der Waals surface area contributed by atoms with E-state index >= 15 is 0 Å². The summed E-state index contributed by atoms with van der Waals surface area (Å²) < 4.78 is 5.78. The number of amides is 1. The molecule has 0 atom stereocenters. The molecule has 0 N–H and O–H groups in total. The second kappa shape index (κ2) is 7.48. The number of fused-ring (bicyclic) bond motifs is 1. The Bertz CT molecular complexity index is 1180. The van der Waals surface area contributed by atoms with Crippen LogP contribution in [0.2, 0.25) is 0 Å². The summed E-state index contributed by atoms with van der Waals surface area (Å²) in [6.45, 7) is 2.22. The molecule has 0 spiro atoms. The quantitative estimate of drug-likeness (QED) is 0.536. The van der Waals surface area contributed by atoms with E-state index in [1.54, 1.807) is 30.5 Å². The number of hydrogen-bond acceptors (Lipinski definition) is 4. The summed E-state index contributed by atoms with van der Waals surface area (Å²) in [6.07, 6.45) is 1.62. The van der Waals surface area contributed by atoms with Crippen molar-refractivity contribution >= 4 is 22.7 Å². The van der Waals surface area contributed by atoms with Crippen molar-refractivity contribution in [2.24, 2.45) is 0 Å². The third-order valence-electron chi connectivity index (χ3n) is 4.45. The first-order valence-electron chi connectivity index (χ1n) is 8.93. The Hall–Kier alpha value is -3.73. The Balaban J connectivity index is 1.78. The number of hydrogen-bond donors (Lipinski definition) is 0. The highest BCUT2D eigenvalue weighted by atomic mass is 16.3. The number of aryl methyl sites for hydroxylation is 1. The summed E-state index contributed by atoms with van der Waals surface area (Å²) in [5, 5.41) is 0.462. The molecule has 5 heteroatoms. The van der Waals surface area contributed by atoms with Gasteiger partial charge in [0.05, 0.1) is 11.9 Å². The lowest BCUT2D eigenvalue weighted by Crippen LogP contribution is -2.31. The van der Waals surface area contributed by atoms with Crippen molar-refractivity contribution in [2.75, 3.05) is 4.90 Å². The molecule has 28 heavy (non-hydrogen) atoms. The van der Waals surface area contributed by atoms with Gasteiger partial charge in [0.25, 0.3) is 5.91 Å². The lowest BCUT2D eigenvalue weighted by molar-refractivity contribution is 0.0958. The average Bonchev–Trinajstić information content (AvgIpc) is 2.73. The molecule has 0 unspecified atom stereocenters. The van der Waals surface area contributed by atoms with E-state index in [1.165, 1.54) is 11.0 Å². The number of pyridine rings is 1. The van der Waals surface area contributed by atoms with E-state index in [2.05, 4.69) is 4.98 Å². The molecule has 2 aromatic heterocycles. The zero-order valence-electron chi connectivity index (χ0n) is 15.3. The summed E-state index contributed by atoms with van der Waals surface area (Å²) in [5.41, 5.74) is 2.05.